The van der Waals surface area contributed by atoms with Crippen molar-refractivity contribution < 1.29 is 9.47 Å². The Hall–Kier alpha value is -1.52. The van der Waals surface area contributed by atoms with Crippen molar-refractivity contribution in [2.45, 2.75) is 19.9 Å². The highest BCUT2D eigenvalue weighted by molar-refractivity contribution is 7.12. The highest BCUT2D eigenvalue weighted by atomic mass is 32.1. The normalized spacial score (nSPS) is 15.2. The number of thiophene rings is 1. The number of ether oxygens (including phenoxy) is 2. The molecule has 106 valence electrons. The van der Waals surface area contributed by atoms with Crippen molar-refractivity contribution in [3.8, 4) is 11.5 Å². The Balaban J connectivity index is 1.99. The lowest BCUT2D eigenvalue weighted by Gasteiger charge is -2.22. The third-order valence-electron chi connectivity index (χ3n) is 3.53. The van der Waals surface area contributed by atoms with Gasteiger partial charge >= 0.3 is 0 Å². The van der Waals surface area contributed by atoms with Gasteiger partial charge in [0.2, 0.25) is 0 Å². The van der Waals surface area contributed by atoms with Crippen molar-refractivity contribution in [3.05, 3.63) is 45.1 Å². The van der Waals surface area contributed by atoms with Gasteiger partial charge < -0.3 is 14.8 Å². The molecule has 0 bridgehead atoms. The summed E-state index contributed by atoms with van der Waals surface area (Å²) in [5, 5.41) is 3.41. The van der Waals surface area contributed by atoms with Crippen molar-refractivity contribution in [1.82, 2.24) is 5.32 Å². The van der Waals surface area contributed by atoms with Gasteiger partial charge in [0.15, 0.2) is 11.5 Å². The molecule has 1 aromatic carbocycles. The average molecular weight is 289 g/mol. The SMILES string of the molecule is CNC(c1ccc2c(c1)OCCO2)c1sc(C)cc1C. The minimum atomic E-state index is 0.199. The van der Waals surface area contributed by atoms with Crippen LogP contribution in [0.25, 0.3) is 0 Å². The van der Waals surface area contributed by atoms with Gasteiger partial charge in [0, 0.05) is 9.75 Å². The van der Waals surface area contributed by atoms with E-state index in [1.807, 2.05) is 24.5 Å². The number of benzene rings is 1. The van der Waals surface area contributed by atoms with Crippen LogP contribution in [0, 0.1) is 13.8 Å². The van der Waals surface area contributed by atoms with Crippen LogP contribution in [0.2, 0.25) is 0 Å². The molecule has 0 amide bonds. The molecule has 1 unspecified atom stereocenters. The van der Waals surface area contributed by atoms with Crippen molar-refractivity contribution >= 4 is 11.3 Å². The first-order chi connectivity index (χ1) is 9.69. The van der Waals surface area contributed by atoms with Crippen LogP contribution >= 0.6 is 11.3 Å². The van der Waals surface area contributed by atoms with Crippen LogP contribution in [0.4, 0.5) is 0 Å². The van der Waals surface area contributed by atoms with E-state index >= 15 is 0 Å². The lowest BCUT2D eigenvalue weighted by atomic mass is 10.0. The molecule has 0 fully saturated rings. The maximum absolute atomic E-state index is 5.68. The molecule has 20 heavy (non-hydrogen) atoms. The van der Waals surface area contributed by atoms with Crippen molar-refractivity contribution in [3.63, 3.8) is 0 Å². The Labute approximate surface area is 123 Å². The van der Waals surface area contributed by atoms with Crippen molar-refractivity contribution in [2.24, 2.45) is 0 Å². The monoisotopic (exact) mass is 289 g/mol. The Morgan fingerprint density at radius 2 is 1.85 bits per heavy atom. The Kier molecular flexibility index (Phi) is 3.68. The van der Waals surface area contributed by atoms with Gasteiger partial charge in [0.25, 0.3) is 0 Å². The van der Waals surface area contributed by atoms with Gasteiger partial charge in [0.05, 0.1) is 6.04 Å². The van der Waals surface area contributed by atoms with Gasteiger partial charge in [-0.15, -0.1) is 11.3 Å². The fraction of sp³-hybridized carbons (Fsp3) is 0.375. The second kappa shape index (κ2) is 5.46. The standard InChI is InChI=1S/C16H19NO2S/c1-10-8-11(2)20-16(10)15(17-3)12-4-5-13-14(9-12)19-7-6-18-13/h4-5,8-9,15,17H,6-7H2,1-3H3. The number of nitrogens with one attached hydrogen (secondary N) is 1. The minimum Gasteiger partial charge on any atom is -0.486 e. The van der Waals surface area contributed by atoms with Gasteiger partial charge in [-0.2, -0.15) is 0 Å². The van der Waals surface area contributed by atoms with E-state index in [9.17, 15) is 0 Å². The van der Waals surface area contributed by atoms with Gasteiger partial charge in [-0.25, -0.2) is 0 Å². The molecule has 2 aromatic rings. The van der Waals surface area contributed by atoms with Crippen LogP contribution in [0.1, 0.15) is 26.9 Å². The number of aryl methyl sites for hydroxylation is 2. The van der Waals surface area contributed by atoms with E-state index in [0.717, 1.165) is 11.5 Å². The van der Waals surface area contributed by atoms with Crippen molar-refractivity contribution in [2.75, 3.05) is 20.3 Å². The summed E-state index contributed by atoms with van der Waals surface area (Å²) >= 11 is 1.84. The maximum Gasteiger partial charge on any atom is 0.161 e. The lowest BCUT2D eigenvalue weighted by Crippen LogP contribution is -2.19. The largest absolute Gasteiger partial charge is 0.486 e. The molecule has 0 saturated heterocycles. The topological polar surface area (TPSA) is 30.5 Å². The van der Waals surface area contributed by atoms with Gasteiger partial charge in [-0.1, -0.05) is 6.07 Å². The molecule has 1 aromatic heterocycles. The molecular formula is C16H19NO2S. The summed E-state index contributed by atoms with van der Waals surface area (Å²) in [6.07, 6.45) is 0. The molecule has 1 aliphatic heterocycles. The predicted octanol–water partition coefficient (Wildman–Crippen LogP) is 3.44. The van der Waals surface area contributed by atoms with E-state index < -0.39 is 0 Å². The van der Waals surface area contributed by atoms with E-state index in [1.165, 1.54) is 20.9 Å². The van der Waals surface area contributed by atoms with E-state index in [0.29, 0.717) is 13.2 Å². The van der Waals surface area contributed by atoms with Crippen molar-refractivity contribution in [1.29, 1.82) is 0 Å². The molecule has 0 spiro atoms. The fourth-order valence-electron chi connectivity index (χ4n) is 2.63. The predicted molar refractivity (Wildman–Crippen MR) is 82.1 cm³/mol. The molecule has 1 atom stereocenters. The zero-order valence-corrected chi connectivity index (χ0v) is 12.8. The summed E-state index contributed by atoms with van der Waals surface area (Å²) in [5.74, 6) is 1.69. The minimum absolute atomic E-state index is 0.199. The van der Waals surface area contributed by atoms with Crippen LogP contribution < -0.4 is 14.8 Å². The third-order valence-corrected chi connectivity index (χ3v) is 4.75. The molecule has 0 saturated carbocycles. The first kappa shape index (κ1) is 13.5. The van der Waals surface area contributed by atoms with E-state index in [-0.39, 0.29) is 6.04 Å². The third kappa shape index (κ3) is 2.41. The van der Waals surface area contributed by atoms with E-state index in [4.69, 9.17) is 9.47 Å². The highest BCUT2D eigenvalue weighted by Crippen LogP contribution is 2.37. The van der Waals surface area contributed by atoms with Crippen LogP contribution in [0.5, 0.6) is 11.5 Å². The summed E-state index contributed by atoms with van der Waals surface area (Å²) < 4.78 is 11.3. The molecule has 4 heteroatoms. The number of hydrogen-bond acceptors (Lipinski definition) is 4. The molecule has 1 N–H and O–H groups in total. The molecular weight excluding hydrogens is 270 g/mol. The highest BCUT2D eigenvalue weighted by Gasteiger charge is 2.20. The second-order valence-corrected chi connectivity index (χ2v) is 6.32. The Morgan fingerprint density at radius 3 is 2.50 bits per heavy atom. The number of fused-ring (bicyclic) bond motifs is 1. The maximum atomic E-state index is 5.68. The van der Waals surface area contributed by atoms with Crippen LogP contribution in [-0.2, 0) is 0 Å². The molecule has 3 rings (SSSR count). The zero-order valence-electron chi connectivity index (χ0n) is 12.0. The number of rotatable bonds is 3. The lowest BCUT2D eigenvalue weighted by molar-refractivity contribution is 0.171. The van der Waals surface area contributed by atoms with Crippen LogP contribution in [-0.4, -0.2) is 20.3 Å². The summed E-state index contributed by atoms with van der Waals surface area (Å²) in [4.78, 5) is 2.71. The fourth-order valence-corrected chi connectivity index (χ4v) is 3.81. The van der Waals surface area contributed by atoms with Crippen LogP contribution in [0.3, 0.4) is 0 Å². The van der Waals surface area contributed by atoms with Gasteiger partial charge in [-0.3, -0.25) is 0 Å². The summed E-state index contributed by atoms with van der Waals surface area (Å²) in [6, 6.07) is 8.64. The Bertz CT molecular complexity index is 621. The first-order valence-corrected chi connectivity index (χ1v) is 7.64. The Morgan fingerprint density at radius 1 is 1.10 bits per heavy atom. The number of hydrogen-bond donors (Lipinski definition) is 1. The molecule has 0 radical (unpaired) electrons. The summed E-state index contributed by atoms with van der Waals surface area (Å²) in [5.41, 5.74) is 2.54. The zero-order chi connectivity index (χ0) is 14.1. The molecule has 2 heterocycles. The van der Waals surface area contributed by atoms with E-state index in [1.54, 1.807) is 0 Å². The van der Waals surface area contributed by atoms with Crippen LogP contribution in [0.15, 0.2) is 24.3 Å². The first-order valence-electron chi connectivity index (χ1n) is 6.83. The molecule has 0 aliphatic carbocycles. The van der Waals surface area contributed by atoms with Gasteiger partial charge in [-0.05, 0) is 50.2 Å². The second-order valence-electron chi connectivity index (χ2n) is 5.03. The smallest absolute Gasteiger partial charge is 0.161 e. The molecule has 3 nitrogen and oxygen atoms in total. The summed E-state index contributed by atoms with van der Waals surface area (Å²) in [6.45, 7) is 5.57. The van der Waals surface area contributed by atoms with Gasteiger partial charge in [0.1, 0.15) is 13.2 Å². The average Bonchev–Trinajstić information content (AvgIpc) is 2.78. The quantitative estimate of drug-likeness (QED) is 0.939. The van der Waals surface area contributed by atoms with E-state index in [2.05, 4.69) is 37.4 Å². The summed E-state index contributed by atoms with van der Waals surface area (Å²) in [7, 11) is 2.00. The molecule has 1 aliphatic rings.